The molecule has 0 aliphatic rings. The molecule has 4 nitrogen and oxygen atoms in total. The maximum atomic E-state index is 12.0. The zero-order valence-electron chi connectivity index (χ0n) is 11.7. The van der Waals surface area contributed by atoms with E-state index >= 15 is 0 Å². The number of thiazole rings is 1. The number of aliphatic hydroxyl groups is 1. The average Bonchev–Trinajstić information content (AvgIpc) is 2.52. The molecule has 0 spiro atoms. The number of hydrogen-bond donors (Lipinski definition) is 2. The summed E-state index contributed by atoms with van der Waals surface area (Å²) in [7, 11) is 0. The van der Waals surface area contributed by atoms with E-state index in [4.69, 9.17) is 0 Å². The number of aromatic nitrogens is 1. The molecular formula is C13H22N2O2S. The zero-order valence-corrected chi connectivity index (χ0v) is 12.5. The maximum Gasteiger partial charge on any atom is 0.263 e. The first-order chi connectivity index (χ1) is 8.21. The van der Waals surface area contributed by atoms with Crippen LogP contribution in [0.2, 0.25) is 0 Å². The molecule has 0 saturated carbocycles. The number of nitrogens with zero attached hydrogens (tertiary/aromatic N) is 1. The lowest BCUT2D eigenvalue weighted by molar-refractivity contribution is 0.0369. The van der Waals surface area contributed by atoms with Gasteiger partial charge in [0.1, 0.15) is 4.88 Å². The monoisotopic (exact) mass is 270 g/mol. The molecule has 0 radical (unpaired) electrons. The normalized spacial score (nSPS) is 14.6. The standard InChI is InChI=1S/C13H22N2O2S/c1-8(2)6-13(5,17)7-14-12(16)11-9(3)15-10(4)18-11/h8,17H,6-7H2,1-5H3,(H,14,16). The van der Waals surface area contributed by atoms with E-state index in [-0.39, 0.29) is 12.5 Å². The van der Waals surface area contributed by atoms with Gasteiger partial charge < -0.3 is 10.4 Å². The molecule has 1 aromatic rings. The van der Waals surface area contributed by atoms with Crippen molar-refractivity contribution in [3.63, 3.8) is 0 Å². The summed E-state index contributed by atoms with van der Waals surface area (Å²) in [5.41, 5.74) is -0.115. The van der Waals surface area contributed by atoms with Crippen molar-refractivity contribution in [2.45, 2.75) is 46.6 Å². The van der Waals surface area contributed by atoms with Gasteiger partial charge in [-0.25, -0.2) is 4.98 Å². The molecule has 1 unspecified atom stereocenters. The Morgan fingerprint density at radius 3 is 2.56 bits per heavy atom. The largest absolute Gasteiger partial charge is 0.388 e. The van der Waals surface area contributed by atoms with E-state index in [9.17, 15) is 9.90 Å². The van der Waals surface area contributed by atoms with Gasteiger partial charge in [0, 0.05) is 6.54 Å². The maximum absolute atomic E-state index is 12.0. The Bertz CT molecular complexity index is 425. The van der Waals surface area contributed by atoms with Crippen LogP contribution in [0.25, 0.3) is 0 Å². The van der Waals surface area contributed by atoms with Crippen LogP contribution in [0.4, 0.5) is 0 Å². The van der Waals surface area contributed by atoms with Gasteiger partial charge in [-0.05, 0) is 33.1 Å². The van der Waals surface area contributed by atoms with Crippen molar-refractivity contribution < 1.29 is 9.90 Å². The van der Waals surface area contributed by atoms with Crippen molar-refractivity contribution in [1.82, 2.24) is 10.3 Å². The molecule has 0 saturated heterocycles. The van der Waals surface area contributed by atoms with Gasteiger partial charge in [0.2, 0.25) is 0 Å². The molecule has 18 heavy (non-hydrogen) atoms. The summed E-state index contributed by atoms with van der Waals surface area (Å²) < 4.78 is 0. The van der Waals surface area contributed by atoms with Crippen LogP contribution in [0.1, 0.15) is 47.6 Å². The Kier molecular flexibility index (Phi) is 4.87. The number of carbonyl (C=O) groups excluding carboxylic acids is 1. The summed E-state index contributed by atoms with van der Waals surface area (Å²) in [6, 6.07) is 0. The molecule has 2 N–H and O–H groups in total. The fraction of sp³-hybridized carbons (Fsp3) is 0.692. The molecule has 102 valence electrons. The first-order valence-corrected chi connectivity index (χ1v) is 6.97. The second kappa shape index (κ2) is 5.80. The number of nitrogens with one attached hydrogen (secondary N) is 1. The second-order valence-electron chi connectivity index (χ2n) is 5.43. The lowest BCUT2D eigenvalue weighted by Gasteiger charge is -2.25. The molecule has 0 fully saturated rings. The van der Waals surface area contributed by atoms with Crippen molar-refractivity contribution in [1.29, 1.82) is 0 Å². The third kappa shape index (κ3) is 4.38. The first kappa shape index (κ1) is 15.1. The highest BCUT2D eigenvalue weighted by Gasteiger charge is 2.23. The molecule has 1 aromatic heterocycles. The van der Waals surface area contributed by atoms with E-state index in [1.54, 1.807) is 6.92 Å². The van der Waals surface area contributed by atoms with Gasteiger partial charge in [-0.1, -0.05) is 13.8 Å². The highest BCUT2D eigenvalue weighted by atomic mass is 32.1. The van der Waals surface area contributed by atoms with Gasteiger partial charge in [0.25, 0.3) is 5.91 Å². The van der Waals surface area contributed by atoms with Gasteiger partial charge in [0.05, 0.1) is 16.3 Å². The van der Waals surface area contributed by atoms with E-state index in [2.05, 4.69) is 10.3 Å². The quantitative estimate of drug-likeness (QED) is 0.863. The number of hydrogen-bond acceptors (Lipinski definition) is 4. The van der Waals surface area contributed by atoms with Gasteiger partial charge in [-0.3, -0.25) is 4.79 Å². The zero-order chi connectivity index (χ0) is 13.9. The molecule has 1 rings (SSSR count). The molecule has 5 heteroatoms. The Hall–Kier alpha value is -0.940. The molecule has 0 aromatic carbocycles. The number of carbonyl (C=O) groups is 1. The van der Waals surface area contributed by atoms with E-state index < -0.39 is 5.60 Å². The Morgan fingerprint density at radius 2 is 2.11 bits per heavy atom. The molecule has 1 atom stereocenters. The Balaban J connectivity index is 2.59. The van der Waals surface area contributed by atoms with Gasteiger partial charge in [-0.15, -0.1) is 11.3 Å². The highest BCUT2D eigenvalue weighted by Crippen LogP contribution is 2.18. The van der Waals surface area contributed by atoms with Gasteiger partial charge in [0.15, 0.2) is 0 Å². The van der Waals surface area contributed by atoms with Gasteiger partial charge >= 0.3 is 0 Å². The molecule has 0 aliphatic heterocycles. The fourth-order valence-corrected chi connectivity index (χ4v) is 2.88. The van der Waals surface area contributed by atoms with Crippen LogP contribution in [-0.4, -0.2) is 28.1 Å². The van der Waals surface area contributed by atoms with E-state index in [1.165, 1.54) is 11.3 Å². The molecule has 0 bridgehead atoms. The van der Waals surface area contributed by atoms with Crippen LogP contribution in [-0.2, 0) is 0 Å². The Labute approximate surface area is 112 Å². The van der Waals surface area contributed by atoms with Crippen LogP contribution in [0.15, 0.2) is 0 Å². The third-order valence-electron chi connectivity index (χ3n) is 2.59. The van der Waals surface area contributed by atoms with E-state index in [1.807, 2.05) is 27.7 Å². The molecule has 1 amide bonds. The van der Waals surface area contributed by atoms with Crippen LogP contribution in [0, 0.1) is 19.8 Å². The average molecular weight is 270 g/mol. The predicted molar refractivity (Wildman–Crippen MR) is 74.0 cm³/mol. The summed E-state index contributed by atoms with van der Waals surface area (Å²) in [6.07, 6.45) is 0.661. The summed E-state index contributed by atoms with van der Waals surface area (Å²) in [5.74, 6) is 0.242. The van der Waals surface area contributed by atoms with Crippen LogP contribution >= 0.6 is 11.3 Å². The van der Waals surface area contributed by atoms with Crippen LogP contribution < -0.4 is 5.32 Å². The first-order valence-electron chi connectivity index (χ1n) is 6.16. The minimum Gasteiger partial charge on any atom is -0.388 e. The van der Waals surface area contributed by atoms with Crippen molar-refractivity contribution in [2.75, 3.05) is 6.54 Å². The summed E-state index contributed by atoms with van der Waals surface area (Å²) in [5, 5.41) is 13.8. The van der Waals surface area contributed by atoms with E-state index in [0.717, 1.165) is 10.7 Å². The Morgan fingerprint density at radius 1 is 1.50 bits per heavy atom. The van der Waals surface area contributed by atoms with Crippen molar-refractivity contribution in [3.05, 3.63) is 15.6 Å². The SMILES string of the molecule is Cc1nc(C)c(C(=O)NCC(C)(O)CC(C)C)s1. The predicted octanol–water partition coefficient (Wildman–Crippen LogP) is 2.29. The third-order valence-corrected chi connectivity index (χ3v) is 3.66. The molecular weight excluding hydrogens is 248 g/mol. The number of amides is 1. The van der Waals surface area contributed by atoms with Gasteiger partial charge in [-0.2, -0.15) is 0 Å². The smallest absolute Gasteiger partial charge is 0.263 e. The lowest BCUT2D eigenvalue weighted by atomic mass is 9.94. The van der Waals surface area contributed by atoms with Crippen LogP contribution in [0.5, 0.6) is 0 Å². The lowest BCUT2D eigenvalue weighted by Crippen LogP contribution is -2.41. The topological polar surface area (TPSA) is 62.2 Å². The second-order valence-corrected chi connectivity index (χ2v) is 6.63. The summed E-state index contributed by atoms with van der Waals surface area (Å²) >= 11 is 1.38. The highest BCUT2D eigenvalue weighted by molar-refractivity contribution is 7.13. The van der Waals surface area contributed by atoms with E-state index in [0.29, 0.717) is 17.2 Å². The molecule has 1 heterocycles. The fourth-order valence-electron chi connectivity index (χ4n) is 2.04. The number of rotatable bonds is 5. The summed E-state index contributed by atoms with van der Waals surface area (Å²) in [4.78, 5) is 16.8. The number of aryl methyl sites for hydroxylation is 2. The molecule has 0 aliphatic carbocycles. The van der Waals surface area contributed by atoms with Crippen molar-refractivity contribution in [3.8, 4) is 0 Å². The van der Waals surface area contributed by atoms with Crippen LogP contribution in [0.3, 0.4) is 0 Å². The van der Waals surface area contributed by atoms with Crippen molar-refractivity contribution >= 4 is 17.2 Å². The summed E-state index contributed by atoms with van der Waals surface area (Å²) in [6.45, 7) is 9.81. The minimum atomic E-state index is -0.864. The minimum absolute atomic E-state index is 0.151. The van der Waals surface area contributed by atoms with Crippen molar-refractivity contribution in [2.24, 2.45) is 5.92 Å².